The van der Waals surface area contributed by atoms with Crippen molar-refractivity contribution in [1.82, 2.24) is 10.3 Å². The van der Waals surface area contributed by atoms with E-state index in [4.69, 9.17) is 9.84 Å². The third-order valence-electron chi connectivity index (χ3n) is 3.15. The molecule has 0 bridgehead atoms. The maximum atomic E-state index is 9.05. The van der Waals surface area contributed by atoms with E-state index in [0.717, 1.165) is 11.1 Å². The van der Waals surface area contributed by atoms with Gasteiger partial charge in [0.2, 0.25) is 0 Å². The summed E-state index contributed by atoms with van der Waals surface area (Å²) in [7, 11) is 1.68. The van der Waals surface area contributed by atoms with Gasteiger partial charge in [-0.2, -0.15) is 0 Å². The van der Waals surface area contributed by atoms with Crippen molar-refractivity contribution in [3.63, 3.8) is 0 Å². The number of aliphatic hydroxyl groups excluding tert-OH is 1. The molecule has 2 atom stereocenters. The van der Waals surface area contributed by atoms with E-state index in [0.29, 0.717) is 13.0 Å². The summed E-state index contributed by atoms with van der Waals surface area (Å²) in [5, 5.41) is 14.6. The van der Waals surface area contributed by atoms with Crippen molar-refractivity contribution in [2.75, 3.05) is 20.3 Å². The van der Waals surface area contributed by atoms with Gasteiger partial charge in [-0.25, -0.2) is 0 Å². The zero-order valence-corrected chi connectivity index (χ0v) is 12.1. The Morgan fingerprint density at radius 1 is 1.53 bits per heavy atom. The molecule has 2 aromatic heterocycles. The Labute approximate surface area is 117 Å². The fraction of sp³-hybridized carbons (Fsp3) is 0.500. The zero-order valence-electron chi connectivity index (χ0n) is 11.3. The largest absolute Gasteiger partial charge is 0.396 e. The molecule has 5 heteroatoms. The van der Waals surface area contributed by atoms with Gasteiger partial charge in [-0.1, -0.05) is 0 Å². The van der Waals surface area contributed by atoms with Crippen LogP contribution in [0.2, 0.25) is 0 Å². The molecule has 0 aliphatic carbocycles. The summed E-state index contributed by atoms with van der Waals surface area (Å²) in [4.78, 5) is 4.45. The number of hydrogen-bond donors (Lipinski definition) is 2. The van der Waals surface area contributed by atoms with Gasteiger partial charge in [-0.3, -0.25) is 4.98 Å². The van der Waals surface area contributed by atoms with Gasteiger partial charge in [0.05, 0.1) is 16.8 Å². The van der Waals surface area contributed by atoms with Crippen LogP contribution >= 0.6 is 11.3 Å². The molecule has 0 saturated heterocycles. The zero-order chi connectivity index (χ0) is 13.7. The molecule has 0 aromatic carbocycles. The average Bonchev–Trinajstić information content (AvgIpc) is 2.86. The van der Waals surface area contributed by atoms with Crippen molar-refractivity contribution in [1.29, 1.82) is 0 Å². The molecule has 2 unspecified atom stereocenters. The molecule has 0 aliphatic rings. The van der Waals surface area contributed by atoms with Crippen molar-refractivity contribution >= 4 is 21.6 Å². The second-order valence-corrected chi connectivity index (χ2v) is 5.57. The normalized spacial score (nSPS) is 14.7. The van der Waals surface area contributed by atoms with E-state index in [2.05, 4.69) is 28.7 Å². The van der Waals surface area contributed by atoms with Crippen LogP contribution < -0.4 is 5.32 Å². The third-order valence-corrected chi connectivity index (χ3v) is 4.01. The number of hydrogen-bond acceptors (Lipinski definition) is 5. The fourth-order valence-corrected chi connectivity index (χ4v) is 2.91. The molecule has 2 N–H and O–H groups in total. The Bertz CT molecular complexity index is 509. The first kappa shape index (κ1) is 14.4. The lowest BCUT2D eigenvalue weighted by atomic mass is 10.1. The maximum Gasteiger partial charge on any atom is 0.0809 e. The van der Waals surface area contributed by atoms with E-state index in [-0.39, 0.29) is 18.7 Å². The van der Waals surface area contributed by atoms with Crippen molar-refractivity contribution in [3.8, 4) is 0 Å². The van der Waals surface area contributed by atoms with Gasteiger partial charge in [0.15, 0.2) is 0 Å². The highest BCUT2D eigenvalue weighted by molar-refractivity contribution is 7.17. The number of thiophene rings is 1. The predicted octanol–water partition coefficient (Wildman–Crippen LogP) is 2.34. The van der Waals surface area contributed by atoms with Gasteiger partial charge in [0.1, 0.15) is 0 Å². The van der Waals surface area contributed by atoms with Crippen LogP contribution in [-0.2, 0) is 4.74 Å². The summed E-state index contributed by atoms with van der Waals surface area (Å²) >= 11 is 1.70. The van der Waals surface area contributed by atoms with Crippen molar-refractivity contribution in [3.05, 3.63) is 29.3 Å². The molecule has 0 radical (unpaired) electrons. The molecule has 0 amide bonds. The minimum atomic E-state index is 0.157. The van der Waals surface area contributed by atoms with E-state index >= 15 is 0 Å². The highest BCUT2D eigenvalue weighted by atomic mass is 32.1. The molecular formula is C14H20N2O2S. The summed E-state index contributed by atoms with van der Waals surface area (Å²) in [6.07, 6.45) is 2.60. The Balaban J connectivity index is 2.06. The lowest BCUT2D eigenvalue weighted by molar-refractivity contribution is 0.143. The predicted molar refractivity (Wildman–Crippen MR) is 78.5 cm³/mol. The number of ether oxygens (including phenoxy) is 1. The number of methoxy groups -OCH3 is 1. The van der Waals surface area contributed by atoms with E-state index in [9.17, 15) is 0 Å². The molecule has 2 rings (SSSR count). The second kappa shape index (κ2) is 6.96. The minimum Gasteiger partial charge on any atom is -0.396 e. The first-order valence-electron chi connectivity index (χ1n) is 6.43. The van der Waals surface area contributed by atoms with Crippen LogP contribution in [0.25, 0.3) is 10.2 Å². The molecule has 19 heavy (non-hydrogen) atoms. The van der Waals surface area contributed by atoms with Crippen LogP contribution in [0.4, 0.5) is 0 Å². The van der Waals surface area contributed by atoms with Crippen molar-refractivity contribution in [2.45, 2.75) is 25.4 Å². The van der Waals surface area contributed by atoms with Crippen LogP contribution in [0.15, 0.2) is 23.7 Å². The summed E-state index contributed by atoms with van der Waals surface area (Å²) in [6, 6.07) is 4.55. The third kappa shape index (κ3) is 3.73. The average molecular weight is 280 g/mol. The standard InChI is InChI=1S/C14H20N2O2S/c1-10(16-12(3-5-17)9-18-2)11-7-14-13(15-8-11)4-6-19-14/h4,6-8,10,12,16-17H,3,5,9H2,1-2H3. The fourth-order valence-electron chi connectivity index (χ4n) is 2.12. The lowest BCUT2D eigenvalue weighted by Gasteiger charge is -2.22. The number of nitrogens with one attached hydrogen (secondary N) is 1. The number of aromatic nitrogens is 1. The summed E-state index contributed by atoms with van der Waals surface area (Å²) < 4.78 is 6.37. The smallest absolute Gasteiger partial charge is 0.0809 e. The monoisotopic (exact) mass is 280 g/mol. The van der Waals surface area contributed by atoms with Crippen molar-refractivity contribution in [2.24, 2.45) is 0 Å². The van der Waals surface area contributed by atoms with Gasteiger partial charge in [0.25, 0.3) is 0 Å². The van der Waals surface area contributed by atoms with Gasteiger partial charge in [0, 0.05) is 32.0 Å². The Kier molecular flexibility index (Phi) is 5.27. The van der Waals surface area contributed by atoms with Crippen LogP contribution in [0.1, 0.15) is 24.9 Å². The Morgan fingerprint density at radius 3 is 3.11 bits per heavy atom. The summed E-state index contributed by atoms with van der Waals surface area (Å²) in [5.41, 5.74) is 2.21. The van der Waals surface area contributed by atoms with Crippen LogP contribution in [-0.4, -0.2) is 36.5 Å². The Hall–Kier alpha value is -1.01. The van der Waals surface area contributed by atoms with Crippen LogP contribution in [0.3, 0.4) is 0 Å². The molecule has 0 fully saturated rings. The van der Waals surface area contributed by atoms with E-state index in [1.54, 1.807) is 18.4 Å². The van der Waals surface area contributed by atoms with E-state index in [1.807, 2.05) is 12.3 Å². The van der Waals surface area contributed by atoms with E-state index < -0.39 is 0 Å². The summed E-state index contributed by atoms with van der Waals surface area (Å²) in [6.45, 7) is 2.87. The maximum absolute atomic E-state index is 9.05. The van der Waals surface area contributed by atoms with E-state index in [1.165, 1.54) is 4.70 Å². The number of rotatable bonds is 7. The highest BCUT2D eigenvalue weighted by Crippen LogP contribution is 2.22. The van der Waals surface area contributed by atoms with Gasteiger partial charge in [-0.15, -0.1) is 11.3 Å². The molecule has 4 nitrogen and oxygen atoms in total. The first-order valence-corrected chi connectivity index (χ1v) is 7.31. The molecule has 0 aliphatic heterocycles. The number of aliphatic hydroxyl groups is 1. The van der Waals surface area contributed by atoms with Gasteiger partial charge in [-0.05, 0) is 36.4 Å². The number of pyridine rings is 1. The molecule has 2 aromatic rings. The molecule has 104 valence electrons. The van der Waals surface area contributed by atoms with Crippen molar-refractivity contribution < 1.29 is 9.84 Å². The molecule has 0 saturated carbocycles. The molecule has 2 heterocycles. The SMILES string of the molecule is COCC(CCO)NC(C)c1cnc2ccsc2c1. The first-order chi connectivity index (χ1) is 9.24. The Morgan fingerprint density at radius 2 is 2.37 bits per heavy atom. The minimum absolute atomic E-state index is 0.157. The molecule has 0 spiro atoms. The number of nitrogens with zero attached hydrogens (tertiary/aromatic N) is 1. The quantitative estimate of drug-likeness (QED) is 0.817. The molecular weight excluding hydrogens is 260 g/mol. The van der Waals surface area contributed by atoms with Gasteiger partial charge >= 0.3 is 0 Å². The van der Waals surface area contributed by atoms with Crippen LogP contribution in [0.5, 0.6) is 0 Å². The van der Waals surface area contributed by atoms with Crippen LogP contribution in [0, 0.1) is 0 Å². The summed E-state index contributed by atoms with van der Waals surface area (Å²) in [5.74, 6) is 0. The highest BCUT2D eigenvalue weighted by Gasteiger charge is 2.13. The topological polar surface area (TPSA) is 54.4 Å². The second-order valence-electron chi connectivity index (χ2n) is 4.63. The lowest BCUT2D eigenvalue weighted by Crippen LogP contribution is -2.36. The van der Waals surface area contributed by atoms with Gasteiger partial charge < -0.3 is 15.2 Å². The number of fused-ring (bicyclic) bond motifs is 1.